The SMILES string of the molecule is CC1=CCC[C@@]2(C)C[C@H]3OC(=O)[C@@H](CN(C)Cc4ccccc4)[C@@H]3C=C12. The van der Waals surface area contributed by atoms with Gasteiger partial charge in [-0.25, -0.2) is 0 Å². The summed E-state index contributed by atoms with van der Waals surface area (Å²) in [6.07, 6.45) is 8.05. The Morgan fingerprint density at radius 3 is 2.81 bits per heavy atom. The summed E-state index contributed by atoms with van der Waals surface area (Å²) in [5, 5.41) is 0. The van der Waals surface area contributed by atoms with Crippen LogP contribution in [0.15, 0.2) is 53.6 Å². The Labute approximate surface area is 156 Å². The Hall–Kier alpha value is -1.87. The molecule has 1 fully saturated rings. The highest BCUT2D eigenvalue weighted by atomic mass is 16.6. The molecule has 26 heavy (non-hydrogen) atoms. The summed E-state index contributed by atoms with van der Waals surface area (Å²) < 4.78 is 5.85. The summed E-state index contributed by atoms with van der Waals surface area (Å²) in [6.45, 7) is 6.17. The van der Waals surface area contributed by atoms with Crippen molar-refractivity contribution >= 4 is 5.97 Å². The first-order valence-corrected chi connectivity index (χ1v) is 9.79. The topological polar surface area (TPSA) is 29.5 Å². The van der Waals surface area contributed by atoms with Crippen LogP contribution in [0.1, 0.15) is 38.7 Å². The lowest BCUT2D eigenvalue weighted by atomic mass is 9.62. The highest BCUT2D eigenvalue weighted by molar-refractivity contribution is 5.76. The minimum absolute atomic E-state index is 0.0133. The van der Waals surface area contributed by atoms with Crippen LogP contribution in [0.25, 0.3) is 0 Å². The molecule has 4 rings (SSSR count). The van der Waals surface area contributed by atoms with E-state index in [2.05, 4.69) is 62.2 Å². The zero-order valence-electron chi connectivity index (χ0n) is 16.1. The predicted molar refractivity (Wildman–Crippen MR) is 103 cm³/mol. The molecule has 0 saturated carbocycles. The van der Waals surface area contributed by atoms with Crippen molar-refractivity contribution in [2.75, 3.05) is 13.6 Å². The second-order valence-electron chi connectivity index (χ2n) is 8.61. The molecule has 1 aliphatic heterocycles. The Kier molecular flexibility index (Phi) is 4.52. The third kappa shape index (κ3) is 3.14. The van der Waals surface area contributed by atoms with Gasteiger partial charge in [-0.1, -0.05) is 55.0 Å². The van der Waals surface area contributed by atoms with E-state index in [-0.39, 0.29) is 29.3 Å². The molecular formula is C23H29NO2. The molecule has 1 saturated heterocycles. The van der Waals surface area contributed by atoms with Crippen molar-refractivity contribution in [2.24, 2.45) is 17.3 Å². The maximum absolute atomic E-state index is 12.6. The molecular weight excluding hydrogens is 322 g/mol. The van der Waals surface area contributed by atoms with Gasteiger partial charge in [-0.2, -0.15) is 0 Å². The lowest BCUT2D eigenvalue weighted by molar-refractivity contribution is -0.145. The van der Waals surface area contributed by atoms with Crippen molar-refractivity contribution in [1.82, 2.24) is 4.90 Å². The van der Waals surface area contributed by atoms with E-state index in [4.69, 9.17) is 4.74 Å². The molecule has 0 spiro atoms. The standard InChI is InChI=1S/C23H29NO2/c1-16-8-7-11-23(2)13-21-18(12-20(16)23)19(22(25)26-21)15-24(3)14-17-9-5-4-6-10-17/h4-6,8-10,12,18-19,21H,7,11,13-15H2,1-3H3/t18-,19-,21+,23-/m0/s1. The first-order valence-electron chi connectivity index (χ1n) is 9.79. The van der Waals surface area contributed by atoms with Gasteiger partial charge >= 0.3 is 5.97 Å². The van der Waals surface area contributed by atoms with Gasteiger partial charge in [0, 0.05) is 19.0 Å². The van der Waals surface area contributed by atoms with Crippen LogP contribution in [-0.4, -0.2) is 30.6 Å². The number of fused-ring (bicyclic) bond motifs is 2. The molecule has 0 N–H and O–H groups in total. The molecule has 0 bridgehead atoms. The minimum Gasteiger partial charge on any atom is -0.461 e. The van der Waals surface area contributed by atoms with Gasteiger partial charge in [-0.3, -0.25) is 4.79 Å². The Balaban J connectivity index is 1.53. The van der Waals surface area contributed by atoms with Gasteiger partial charge in [-0.05, 0) is 49.8 Å². The fraction of sp³-hybridized carbons (Fsp3) is 0.522. The van der Waals surface area contributed by atoms with Crippen LogP contribution in [0, 0.1) is 17.3 Å². The zero-order valence-corrected chi connectivity index (χ0v) is 16.1. The number of benzene rings is 1. The van der Waals surface area contributed by atoms with E-state index in [0.29, 0.717) is 0 Å². The predicted octanol–water partition coefficient (Wildman–Crippen LogP) is 4.35. The first-order chi connectivity index (χ1) is 12.5. The lowest BCUT2D eigenvalue weighted by Gasteiger charge is -2.43. The van der Waals surface area contributed by atoms with Crippen LogP contribution in [0.4, 0.5) is 0 Å². The largest absolute Gasteiger partial charge is 0.461 e. The van der Waals surface area contributed by atoms with Gasteiger partial charge in [0.1, 0.15) is 6.10 Å². The molecule has 4 atom stereocenters. The molecule has 1 aromatic rings. The van der Waals surface area contributed by atoms with Crippen molar-refractivity contribution in [3.05, 3.63) is 59.2 Å². The van der Waals surface area contributed by atoms with Gasteiger partial charge in [0.15, 0.2) is 0 Å². The number of ether oxygens (including phenoxy) is 1. The van der Waals surface area contributed by atoms with E-state index < -0.39 is 0 Å². The summed E-state index contributed by atoms with van der Waals surface area (Å²) in [7, 11) is 2.10. The van der Waals surface area contributed by atoms with Crippen LogP contribution in [0.5, 0.6) is 0 Å². The number of esters is 1. The molecule has 1 aromatic carbocycles. The lowest BCUT2D eigenvalue weighted by Crippen LogP contribution is -2.38. The number of hydrogen-bond donors (Lipinski definition) is 0. The maximum atomic E-state index is 12.6. The quantitative estimate of drug-likeness (QED) is 0.755. The minimum atomic E-state index is -0.0551. The van der Waals surface area contributed by atoms with Crippen molar-refractivity contribution < 1.29 is 9.53 Å². The van der Waals surface area contributed by atoms with Crippen LogP contribution in [0.3, 0.4) is 0 Å². The second kappa shape index (κ2) is 6.70. The summed E-state index contributed by atoms with van der Waals surface area (Å²) >= 11 is 0. The van der Waals surface area contributed by atoms with Crippen LogP contribution < -0.4 is 0 Å². The van der Waals surface area contributed by atoms with Gasteiger partial charge in [-0.15, -0.1) is 0 Å². The normalized spacial score (nSPS) is 33.2. The number of rotatable bonds is 4. The fourth-order valence-corrected chi connectivity index (χ4v) is 5.13. The van der Waals surface area contributed by atoms with Gasteiger partial charge in [0.25, 0.3) is 0 Å². The van der Waals surface area contributed by atoms with Crippen LogP contribution in [0.2, 0.25) is 0 Å². The van der Waals surface area contributed by atoms with Crippen molar-refractivity contribution in [2.45, 2.75) is 45.8 Å². The Morgan fingerprint density at radius 2 is 2.04 bits per heavy atom. The average Bonchev–Trinajstić information content (AvgIpc) is 2.88. The van der Waals surface area contributed by atoms with E-state index in [1.54, 1.807) is 0 Å². The van der Waals surface area contributed by atoms with Gasteiger partial charge < -0.3 is 9.64 Å². The number of hydrogen-bond acceptors (Lipinski definition) is 3. The number of carbonyl (C=O) groups is 1. The smallest absolute Gasteiger partial charge is 0.311 e. The molecule has 3 aliphatic rings. The third-order valence-corrected chi connectivity index (χ3v) is 6.50. The fourth-order valence-electron chi connectivity index (χ4n) is 5.13. The summed E-state index contributed by atoms with van der Waals surface area (Å²) in [4.78, 5) is 14.9. The Morgan fingerprint density at radius 1 is 1.27 bits per heavy atom. The van der Waals surface area contributed by atoms with E-state index in [1.165, 1.54) is 16.7 Å². The summed E-state index contributed by atoms with van der Waals surface area (Å²) in [6, 6.07) is 10.4. The van der Waals surface area contributed by atoms with Crippen molar-refractivity contribution in [3.63, 3.8) is 0 Å². The van der Waals surface area contributed by atoms with Crippen LogP contribution >= 0.6 is 0 Å². The number of carbonyl (C=O) groups excluding carboxylic acids is 1. The molecule has 2 aliphatic carbocycles. The van der Waals surface area contributed by atoms with Gasteiger partial charge in [0.2, 0.25) is 0 Å². The van der Waals surface area contributed by atoms with E-state index in [9.17, 15) is 4.79 Å². The molecule has 138 valence electrons. The zero-order chi connectivity index (χ0) is 18.3. The highest BCUT2D eigenvalue weighted by Gasteiger charge is 2.50. The third-order valence-electron chi connectivity index (χ3n) is 6.50. The molecule has 1 heterocycles. The maximum Gasteiger partial charge on any atom is 0.311 e. The molecule has 0 aromatic heterocycles. The Bertz CT molecular complexity index is 751. The van der Waals surface area contributed by atoms with Gasteiger partial charge in [0.05, 0.1) is 5.92 Å². The first kappa shape index (κ1) is 17.5. The monoisotopic (exact) mass is 351 g/mol. The molecule has 0 radical (unpaired) electrons. The molecule has 0 amide bonds. The highest BCUT2D eigenvalue weighted by Crippen LogP contribution is 2.52. The van der Waals surface area contributed by atoms with E-state index in [1.807, 2.05) is 6.07 Å². The van der Waals surface area contributed by atoms with Crippen LogP contribution in [-0.2, 0) is 16.1 Å². The number of nitrogens with zero attached hydrogens (tertiary/aromatic N) is 1. The molecule has 3 heteroatoms. The average molecular weight is 351 g/mol. The van der Waals surface area contributed by atoms with E-state index in [0.717, 1.165) is 32.4 Å². The van der Waals surface area contributed by atoms with Crippen molar-refractivity contribution in [1.29, 1.82) is 0 Å². The number of allylic oxidation sites excluding steroid dienone is 3. The summed E-state index contributed by atoms with van der Waals surface area (Å²) in [5.74, 6) is 0.145. The second-order valence-corrected chi connectivity index (χ2v) is 8.61. The molecule has 3 nitrogen and oxygen atoms in total. The summed E-state index contributed by atoms with van der Waals surface area (Å²) in [5.41, 5.74) is 4.30. The van der Waals surface area contributed by atoms with E-state index >= 15 is 0 Å². The van der Waals surface area contributed by atoms with Crippen molar-refractivity contribution in [3.8, 4) is 0 Å². The molecule has 0 unspecified atom stereocenters.